The van der Waals surface area contributed by atoms with Gasteiger partial charge < -0.3 is 11.1 Å². The van der Waals surface area contributed by atoms with Crippen LogP contribution in [0.3, 0.4) is 0 Å². The van der Waals surface area contributed by atoms with Crippen molar-refractivity contribution in [1.29, 1.82) is 0 Å². The van der Waals surface area contributed by atoms with Crippen molar-refractivity contribution in [3.05, 3.63) is 23.9 Å². The van der Waals surface area contributed by atoms with Crippen LogP contribution in [-0.4, -0.2) is 49.1 Å². The molecule has 0 aromatic carbocycles. The molecular formula is C10H16N4O2S2. The summed E-state index contributed by atoms with van der Waals surface area (Å²) in [6, 6.07) is 3.38. The van der Waals surface area contributed by atoms with Gasteiger partial charge in [0.05, 0.1) is 5.75 Å². The molecule has 0 saturated heterocycles. The molecule has 18 heavy (non-hydrogen) atoms. The molecule has 0 amide bonds. The molecule has 0 spiro atoms. The first-order valence-electron chi connectivity index (χ1n) is 5.23. The lowest BCUT2D eigenvalue weighted by molar-refractivity contribution is 0.521. The zero-order valence-electron chi connectivity index (χ0n) is 10.3. The van der Waals surface area contributed by atoms with Gasteiger partial charge in [-0.3, -0.25) is 0 Å². The third kappa shape index (κ3) is 4.21. The summed E-state index contributed by atoms with van der Waals surface area (Å²) in [5.41, 5.74) is 6.19. The van der Waals surface area contributed by atoms with Crippen molar-refractivity contribution >= 4 is 33.0 Å². The van der Waals surface area contributed by atoms with E-state index in [1.165, 1.54) is 18.4 Å². The quantitative estimate of drug-likeness (QED) is 0.717. The van der Waals surface area contributed by atoms with E-state index in [1.54, 1.807) is 18.3 Å². The third-order valence-corrected chi connectivity index (χ3v) is 4.34. The average Bonchev–Trinajstić information content (AvgIpc) is 2.29. The van der Waals surface area contributed by atoms with E-state index in [4.69, 9.17) is 18.0 Å². The summed E-state index contributed by atoms with van der Waals surface area (Å²) >= 11 is 4.85. The molecule has 0 atom stereocenters. The summed E-state index contributed by atoms with van der Waals surface area (Å²) < 4.78 is 24.2. The SMILES string of the molecule is CN(C)S(=O)(=O)CCNc1cc(C(N)=S)ccn1. The Kier molecular flexibility index (Phi) is 5.00. The van der Waals surface area contributed by atoms with E-state index in [0.29, 0.717) is 11.4 Å². The molecule has 1 rings (SSSR count). The molecule has 0 saturated carbocycles. The zero-order valence-corrected chi connectivity index (χ0v) is 11.9. The van der Waals surface area contributed by atoms with Crippen LogP contribution in [-0.2, 0) is 10.0 Å². The maximum absolute atomic E-state index is 11.5. The van der Waals surface area contributed by atoms with Crippen LogP contribution in [0.25, 0.3) is 0 Å². The number of rotatable bonds is 6. The van der Waals surface area contributed by atoms with E-state index in [1.807, 2.05) is 0 Å². The molecule has 0 fully saturated rings. The van der Waals surface area contributed by atoms with Crippen LogP contribution < -0.4 is 11.1 Å². The fourth-order valence-corrected chi connectivity index (χ4v) is 2.02. The van der Waals surface area contributed by atoms with Gasteiger partial charge in [-0.15, -0.1) is 0 Å². The Balaban J connectivity index is 2.60. The van der Waals surface area contributed by atoms with Crippen LogP contribution in [0.1, 0.15) is 5.56 Å². The molecule has 100 valence electrons. The van der Waals surface area contributed by atoms with Crippen molar-refractivity contribution in [2.45, 2.75) is 0 Å². The zero-order chi connectivity index (χ0) is 13.8. The van der Waals surface area contributed by atoms with E-state index >= 15 is 0 Å². The molecule has 0 aliphatic carbocycles. The maximum atomic E-state index is 11.5. The predicted octanol–water partition coefficient (Wildman–Crippen LogP) is 0.0191. The van der Waals surface area contributed by atoms with Crippen LogP contribution >= 0.6 is 12.2 Å². The molecular weight excluding hydrogens is 272 g/mol. The summed E-state index contributed by atoms with van der Waals surface area (Å²) in [4.78, 5) is 4.33. The fourth-order valence-electron chi connectivity index (χ4n) is 1.17. The Morgan fingerprint density at radius 3 is 2.78 bits per heavy atom. The summed E-state index contributed by atoms with van der Waals surface area (Å²) in [6.45, 7) is 0.272. The minimum Gasteiger partial charge on any atom is -0.389 e. The van der Waals surface area contributed by atoms with Crippen LogP contribution in [0, 0.1) is 0 Å². The molecule has 0 unspecified atom stereocenters. The van der Waals surface area contributed by atoms with Crippen molar-refractivity contribution in [2.24, 2.45) is 5.73 Å². The average molecular weight is 288 g/mol. The first-order chi connectivity index (χ1) is 8.33. The lowest BCUT2D eigenvalue weighted by Crippen LogP contribution is -2.28. The Morgan fingerprint density at radius 1 is 1.56 bits per heavy atom. The summed E-state index contributed by atoms with van der Waals surface area (Å²) in [5.74, 6) is 0.549. The smallest absolute Gasteiger partial charge is 0.215 e. The topological polar surface area (TPSA) is 88.3 Å². The van der Waals surface area contributed by atoms with Crippen LogP contribution in [0.4, 0.5) is 5.82 Å². The maximum Gasteiger partial charge on any atom is 0.215 e. The highest BCUT2D eigenvalue weighted by molar-refractivity contribution is 7.89. The van der Waals surface area contributed by atoms with Crippen LogP contribution in [0.15, 0.2) is 18.3 Å². The molecule has 0 radical (unpaired) electrons. The molecule has 0 bridgehead atoms. The first-order valence-corrected chi connectivity index (χ1v) is 7.24. The number of aromatic nitrogens is 1. The number of thiocarbonyl (C=S) groups is 1. The largest absolute Gasteiger partial charge is 0.389 e. The van der Waals surface area contributed by atoms with Gasteiger partial charge in [-0.2, -0.15) is 0 Å². The van der Waals surface area contributed by atoms with Crippen molar-refractivity contribution in [1.82, 2.24) is 9.29 Å². The Bertz CT molecular complexity index is 528. The molecule has 0 aliphatic heterocycles. The molecule has 6 nitrogen and oxygen atoms in total. The number of nitrogens with zero attached hydrogens (tertiary/aromatic N) is 2. The Labute approximate surface area is 112 Å². The van der Waals surface area contributed by atoms with Gasteiger partial charge in [0.2, 0.25) is 10.0 Å². The number of nitrogens with two attached hydrogens (primary N) is 1. The van der Waals surface area contributed by atoms with Gasteiger partial charge >= 0.3 is 0 Å². The number of hydrogen-bond acceptors (Lipinski definition) is 5. The summed E-state index contributed by atoms with van der Waals surface area (Å²) in [7, 11) is -0.200. The van der Waals surface area contributed by atoms with Crippen molar-refractivity contribution in [2.75, 3.05) is 31.7 Å². The highest BCUT2D eigenvalue weighted by Crippen LogP contribution is 2.06. The number of hydrogen-bond donors (Lipinski definition) is 2. The van der Waals surface area contributed by atoms with Crippen molar-refractivity contribution < 1.29 is 8.42 Å². The van der Waals surface area contributed by atoms with E-state index < -0.39 is 10.0 Å². The lowest BCUT2D eigenvalue weighted by atomic mass is 10.2. The molecule has 1 heterocycles. The normalized spacial score (nSPS) is 11.5. The summed E-state index contributed by atoms with van der Waals surface area (Å²) in [6.07, 6.45) is 1.57. The number of nitrogens with one attached hydrogen (secondary N) is 1. The van der Waals surface area contributed by atoms with Gasteiger partial charge in [-0.1, -0.05) is 12.2 Å². The van der Waals surface area contributed by atoms with Gasteiger partial charge in [-0.05, 0) is 12.1 Å². The van der Waals surface area contributed by atoms with Crippen molar-refractivity contribution in [3.8, 4) is 0 Å². The van der Waals surface area contributed by atoms with Crippen LogP contribution in [0.5, 0.6) is 0 Å². The van der Waals surface area contributed by atoms with E-state index in [2.05, 4.69) is 10.3 Å². The van der Waals surface area contributed by atoms with Gasteiger partial charge in [0, 0.05) is 32.4 Å². The van der Waals surface area contributed by atoms with E-state index in [-0.39, 0.29) is 17.3 Å². The molecule has 1 aromatic rings. The lowest BCUT2D eigenvalue weighted by Gasteiger charge is -2.12. The molecule has 0 aliphatic rings. The molecule has 1 aromatic heterocycles. The highest BCUT2D eigenvalue weighted by Gasteiger charge is 2.12. The number of sulfonamides is 1. The summed E-state index contributed by atoms with van der Waals surface area (Å²) in [5, 5.41) is 2.92. The highest BCUT2D eigenvalue weighted by atomic mass is 32.2. The fraction of sp³-hybridized carbons (Fsp3) is 0.400. The van der Waals surface area contributed by atoms with Crippen molar-refractivity contribution in [3.63, 3.8) is 0 Å². The number of pyridine rings is 1. The minimum absolute atomic E-state index is 0.00101. The Morgan fingerprint density at radius 2 is 2.22 bits per heavy atom. The van der Waals surface area contributed by atoms with E-state index in [9.17, 15) is 8.42 Å². The second-order valence-electron chi connectivity index (χ2n) is 3.82. The van der Waals surface area contributed by atoms with Gasteiger partial charge in [0.1, 0.15) is 10.8 Å². The second-order valence-corrected chi connectivity index (χ2v) is 6.56. The monoisotopic (exact) mass is 288 g/mol. The molecule has 3 N–H and O–H groups in total. The number of anilines is 1. The standard InChI is InChI=1S/C10H16N4O2S2/c1-14(2)18(15,16)6-5-13-9-7-8(10(11)17)3-4-12-9/h3-4,7H,5-6H2,1-2H3,(H2,11,17)(H,12,13). The van der Waals surface area contributed by atoms with E-state index in [0.717, 1.165) is 0 Å². The second kappa shape index (κ2) is 6.07. The molecule has 8 heteroatoms. The van der Waals surface area contributed by atoms with Gasteiger partial charge in [0.25, 0.3) is 0 Å². The van der Waals surface area contributed by atoms with Crippen LogP contribution in [0.2, 0.25) is 0 Å². The third-order valence-electron chi connectivity index (χ3n) is 2.27. The minimum atomic E-state index is -3.20. The predicted molar refractivity (Wildman–Crippen MR) is 76.1 cm³/mol. The first kappa shape index (κ1) is 14.8. The van der Waals surface area contributed by atoms with Gasteiger partial charge in [0.15, 0.2) is 0 Å². The Hall–Kier alpha value is -1.25. The van der Waals surface area contributed by atoms with Gasteiger partial charge in [-0.25, -0.2) is 17.7 Å².